The second-order valence-corrected chi connectivity index (χ2v) is 8.15. The van der Waals surface area contributed by atoms with E-state index in [9.17, 15) is 22.8 Å². The number of halogens is 3. The predicted octanol–water partition coefficient (Wildman–Crippen LogP) is 3.29. The standard InChI is InChI=1S/C22H23F3N6O2/c1-13-5-7-15(8-6-13)19-17(30-9-3-4-18(30)32)12-31(29-19)21(33)28-14(2)16-10-26-20(27-11-16)22(23,24)25/h5-8,10-11,14,17H,3-4,9,12H2,1-2H3,(H,28,33)/t14?,17-/m0/s1. The molecule has 3 heterocycles. The van der Waals surface area contributed by atoms with E-state index >= 15 is 0 Å². The van der Waals surface area contributed by atoms with Crippen molar-refractivity contribution in [1.29, 1.82) is 0 Å². The summed E-state index contributed by atoms with van der Waals surface area (Å²) < 4.78 is 38.0. The van der Waals surface area contributed by atoms with Crippen LogP contribution in [-0.4, -0.2) is 56.7 Å². The minimum atomic E-state index is -4.64. The molecule has 2 aromatic rings. The molecule has 0 aliphatic carbocycles. The molecule has 174 valence electrons. The van der Waals surface area contributed by atoms with Crippen molar-refractivity contribution in [2.45, 2.75) is 44.9 Å². The highest BCUT2D eigenvalue weighted by Crippen LogP contribution is 2.27. The third kappa shape index (κ3) is 4.81. The zero-order chi connectivity index (χ0) is 23.8. The SMILES string of the molecule is Cc1ccc(C2=NN(C(=O)NC(C)c3cnc(C(F)(F)F)nc3)C[C@@H]2N2CCCC2=O)cc1. The maximum atomic E-state index is 12.9. The molecule has 3 amide bonds. The van der Waals surface area contributed by atoms with Crippen LogP contribution in [0.15, 0.2) is 41.8 Å². The minimum Gasteiger partial charge on any atom is -0.332 e. The number of aromatic nitrogens is 2. The molecule has 2 atom stereocenters. The van der Waals surface area contributed by atoms with Gasteiger partial charge in [0.1, 0.15) is 0 Å². The van der Waals surface area contributed by atoms with Gasteiger partial charge in [-0.05, 0) is 25.8 Å². The van der Waals surface area contributed by atoms with Crippen LogP contribution >= 0.6 is 0 Å². The Hall–Kier alpha value is -3.50. The average molecular weight is 460 g/mol. The lowest BCUT2D eigenvalue weighted by Crippen LogP contribution is -2.46. The normalized spacial score (nSPS) is 19.6. The number of likely N-dealkylation sites (tertiary alicyclic amines) is 1. The second kappa shape index (κ2) is 8.80. The van der Waals surface area contributed by atoms with Crippen molar-refractivity contribution in [2.75, 3.05) is 13.1 Å². The van der Waals surface area contributed by atoms with Crippen LogP contribution in [0.4, 0.5) is 18.0 Å². The highest BCUT2D eigenvalue weighted by Gasteiger charge is 2.39. The van der Waals surface area contributed by atoms with Crippen molar-refractivity contribution in [1.82, 2.24) is 25.2 Å². The Bertz CT molecular complexity index is 1070. The Morgan fingerprint density at radius 2 is 1.85 bits per heavy atom. The smallest absolute Gasteiger partial charge is 0.332 e. The summed E-state index contributed by atoms with van der Waals surface area (Å²) in [6.45, 7) is 4.37. The molecule has 0 spiro atoms. The summed E-state index contributed by atoms with van der Waals surface area (Å²) >= 11 is 0. The lowest BCUT2D eigenvalue weighted by atomic mass is 10.0. The highest BCUT2D eigenvalue weighted by atomic mass is 19.4. The summed E-state index contributed by atoms with van der Waals surface area (Å²) in [5, 5.41) is 8.48. The third-order valence-corrected chi connectivity index (χ3v) is 5.72. The summed E-state index contributed by atoms with van der Waals surface area (Å²) in [6.07, 6.45) is -1.33. The van der Waals surface area contributed by atoms with E-state index in [1.54, 1.807) is 11.8 Å². The molecular formula is C22H23F3N6O2. The number of hydrogen-bond donors (Lipinski definition) is 1. The number of rotatable bonds is 4. The van der Waals surface area contributed by atoms with Crippen LogP contribution in [0, 0.1) is 6.92 Å². The summed E-state index contributed by atoms with van der Waals surface area (Å²) in [4.78, 5) is 33.7. The van der Waals surface area contributed by atoms with E-state index in [0.29, 0.717) is 24.2 Å². The number of aryl methyl sites for hydroxylation is 1. The van der Waals surface area contributed by atoms with Crippen LogP contribution in [0.1, 0.15) is 48.3 Å². The molecule has 8 nitrogen and oxygen atoms in total. The van der Waals surface area contributed by atoms with Crippen molar-refractivity contribution in [3.05, 3.63) is 59.2 Å². The number of hydrogen-bond acceptors (Lipinski definition) is 5. The number of carbonyl (C=O) groups excluding carboxylic acids is 2. The monoisotopic (exact) mass is 460 g/mol. The molecule has 1 N–H and O–H groups in total. The maximum Gasteiger partial charge on any atom is 0.451 e. The molecule has 0 saturated carbocycles. The fraction of sp³-hybridized carbons (Fsp3) is 0.409. The minimum absolute atomic E-state index is 0.0253. The Morgan fingerprint density at radius 1 is 1.18 bits per heavy atom. The number of hydrazone groups is 1. The number of alkyl halides is 3. The Kier molecular flexibility index (Phi) is 6.05. The molecule has 1 aromatic carbocycles. The van der Waals surface area contributed by atoms with E-state index in [4.69, 9.17) is 0 Å². The van der Waals surface area contributed by atoms with Crippen LogP contribution in [0.5, 0.6) is 0 Å². The lowest BCUT2D eigenvalue weighted by molar-refractivity contribution is -0.145. The van der Waals surface area contributed by atoms with Gasteiger partial charge in [0.05, 0.1) is 24.3 Å². The third-order valence-electron chi connectivity index (χ3n) is 5.72. The Morgan fingerprint density at radius 3 is 2.42 bits per heavy atom. The quantitative estimate of drug-likeness (QED) is 0.758. The van der Waals surface area contributed by atoms with E-state index < -0.39 is 24.1 Å². The van der Waals surface area contributed by atoms with Gasteiger partial charge in [-0.15, -0.1) is 0 Å². The molecule has 1 unspecified atom stereocenters. The van der Waals surface area contributed by atoms with Crippen molar-refractivity contribution < 1.29 is 22.8 Å². The topological polar surface area (TPSA) is 90.8 Å². The number of nitrogens with one attached hydrogen (secondary N) is 1. The molecule has 1 fully saturated rings. The van der Waals surface area contributed by atoms with Gasteiger partial charge in [-0.2, -0.15) is 18.3 Å². The number of amides is 3. The van der Waals surface area contributed by atoms with Crippen LogP contribution in [0.2, 0.25) is 0 Å². The molecule has 11 heteroatoms. The molecular weight excluding hydrogens is 437 g/mol. The maximum absolute atomic E-state index is 12.9. The number of carbonyl (C=O) groups is 2. The molecule has 4 rings (SSSR count). The van der Waals surface area contributed by atoms with Crippen LogP contribution in [0.25, 0.3) is 0 Å². The zero-order valence-electron chi connectivity index (χ0n) is 18.1. The molecule has 1 saturated heterocycles. The molecule has 2 aliphatic rings. The second-order valence-electron chi connectivity index (χ2n) is 8.15. The van der Waals surface area contributed by atoms with Crippen molar-refractivity contribution in [3.8, 4) is 0 Å². The Balaban J connectivity index is 1.52. The van der Waals surface area contributed by atoms with Gasteiger partial charge in [0, 0.05) is 30.9 Å². The van der Waals surface area contributed by atoms with Gasteiger partial charge in [-0.25, -0.2) is 19.8 Å². The number of urea groups is 1. The first-order valence-electron chi connectivity index (χ1n) is 10.6. The largest absolute Gasteiger partial charge is 0.451 e. The predicted molar refractivity (Wildman–Crippen MR) is 113 cm³/mol. The first-order valence-corrected chi connectivity index (χ1v) is 10.6. The molecule has 0 radical (unpaired) electrons. The van der Waals surface area contributed by atoms with Gasteiger partial charge < -0.3 is 10.2 Å². The van der Waals surface area contributed by atoms with Crippen LogP contribution < -0.4 is 5.32 Å². The van der Waals surface area contributed by atoms with E-state index in [1.165, 1.54) is 5.01 Å². The molecule has 1 aromatic heterocycles. The van der Waals surface area contributed by atoms with Gasteiger partial charge in [0.2, 0.25) is 11.7 Å². The van der Waals surface area contributed by atoms with E-state index in [0.717, 1.165) is 29.9 Å². The Labute approximate surface area is 188 Å². The fourth-order valence-corrected chi connectivity index (χ4v) is 3.89. The van der Waals surface area contributed by atoms with Gasteiger partial charge in [0.25, 0.3) is 0 Å². The molecule has 0 bridgehead atoms. The van der Waals surface area contributed by atoms with Crippen LogP contribution in [0.3, 0.4) is 0 Å². The van der Waals surface area contributed by atoms with Crippen molar-refractivity contribution in [2.24, 2.45) is 5.10 Å². The fourth-order valence-electron chi connectivity index (χ4n) is 3.89. The summed E-state index contributed by atoms with van der Waals surface area (Å²) in [7, 11) is 0. The lowest BCUT2D eigenvalue weighted by Gasteiger charge is -2.25. The van der Waals surface area contributed by atoms with Gasteiger partial charge >= 0.3 is 12.2 Å². The first-order chi connectivity index (χ1) is 15.6. The van der Waals surface area contributed by atoms with Gasteiger partial charge in [0.15, 0.2) is 0 Å². The van der Waals surface area contributed by atoms with E-state index in [-0.39, 0.29) is 18.5 Å². The van der Waals surface area contributed by atoms with Gasteiger partial charge in [-0.1, -0.05) is 29.8 Å². The molecule has 33 heavy (non-hydrogen) atoms. The highest BCUT2D eigenvalue weighted by molar-refractivity contribution is 6.08. The summed E-state index contributed by atoms with van der Waals surface area (Å²) in [5.74, 6) is -1.22. The van der Waals surface area contributed by atoms with E-state index in [2.05, 4.69) is 20.4 Å². The van der Waals surface area contributed by atoms with E-state index in [1.807, 2.05) is 31.2 Å². The van der Waals surface area contributed by atoms with Crippen molar-refractivity contribution in [3.63, 3.8) is 0 Å². The summed E-state index contributed by atoms with van der Waals surface area (Å²) in [5.41, 5.74) is 2.86. The van der Waals surface area contributed by atoms with Gasteiger partial charge in [-0.3, -0.25) is 4.79 Å². The number of benzene rings is 1. The zero-order valence-corrected chi connectivity index (χ0v) is 18.1. The molecule has 2 aliphatic heterocycles. The van der Waals surface area contributed by atoms with Crippen molar-refractivity contribution >= 4 is 17.6 Å². The average Bonchev–Trinajstić information content (AvgIpc) is 3.40. The first kappa shape index (κ1) is 22.7. The van der Waals surface area contributed by atoms with Crippen LogP contribution in [-0.2, 0) is 11.0 Å². The number of nitrogens with zero attached hydrogens (tertiary/aromatic N) is 5. The summed E-state index contributed by atoms with van der Waals surface area (Å²) in [6, 6.07) is 6.16.